The summed E-state index contributed by atoms with van der Waals surface area (Å²) >= 11 is 0. The smallest absolute Gasteiger partial charge is 0.297 e. The van der Waals surface area contributed by atoms with Crippen molar-refractivity contribution in [2.75, 3.05) is 7.11 Å². The van der Waals surface area contributed by atoms with Crippen molar-refractivity contribution in [1.82, 2.24) is 9.97 Å². The van der Waals surface area contributed by atoms with Gasteiger partial charge in [-0.25, -0.2) is 4.98 Å². The Kier molecular flexibility index (Phi) is 2.78. The molecule has 0 bridgehead atoms. The number of ether oxygens (including phenoxy) is 2. The van der Waals surface area contributed by atoms with E-state index in [4.69, 9.17) is 9.47 Å². The monoisotopic (exact) mass is 198 g/mol. The van der Waals surface area contributed by atoms with Crippen LogP contribution in [0.5, 0.6) is 11.6 Å². The second-order valence-electron chi connectivity index (χ2n) is 3.78. The third kappa shape index (κ3) is 2.48. The van der Waals surface area contributed by atoms with Crippen molar-refractivity contribution in [2.45, 2.75) is 26.4 Å². The SMILES string of the molecule is COc1c(OC(C)(C)C)nc[nH]c1=O. The van der Waals surface area contributed by atoms with E-state index in [1.54, 1.807) is 0 Å². The summed E-state index contributed by atoms with van der Waals surface area (Å²) in [6.45, 7) is 5.61. The Morgan fingerprint density at radius 1 is 1.43 bits per heavy atom. The highest BCUT2D eigenvalue weighted by atomic mass is 16.5. The van der Waals surface area contributed by atoms with E-state index in [0.29, 0.717) is 0 Å². The molecule has 0 aromatic carbocycles. The van der Waals surface area contributed by atoms with Crippen LogP contribution in [0.15, 0.2) is 11.1 Å². The molecule has 0 saturated carbocycles. The number of hydrogen-bond donors (Lipinski definition) is 1. The van der Waals surface area contributed by atoms with Crippen LogP contribution in [0.1, 0.15) is 20.8 Å². The molecule has 0 aliphatic rings. The molecule has 0 unspecified atom stereocenters. The van der Waals surface area contributed by atoms with Crippen LogP contribution in [0.4, 0.5) is 0 Å². The van der Waals surface area contributed by atoms with Crippen molar-refractivity contribution in [2.24, 2.45) is 0 Å². The number of hydrogen-bond acceptors (Lipinski definition) is 4. The Hall–Kier alpha value is -1.52. The van der Waals surface area contributed by atoms with Crippen molar-refractivity contribution < 1.29 is 9.47 Å². The second kappa shape index (κ2) is 3.69. The number of methoxy groups -OCH3 is 1. The van der Waals surface area contributed by atoms with E-state index in [0.717, 1.165) is 0 Å². The number of aromatic nitrogens is 2. The van der Waals surface area contributed by atoms with Crippen LogP contribution in [0, 0.1) is 0 Å². The molecule has 0 amide bonds. The first-order chi connectivity index (χ1) is 6.44. The molecule has 0 aliphatic heterocycles. The van der Waals surface area contributed by atoms with Crippen molar-refractivity contribution in [1.29, 1.82) is 0 Å². The quantitative estimate of drug-likeness (QED) is 0.768. The zero-order valence-corrected chi connectivity index (χ0v) is 8.75. The zero-order valence-electron chi connectivity index (χ0n) is 8.75. The maximum Gasteiger partial charge on any atom is 0.297 e. The summed E-state index contributed by atoms with van der Waals surface area (Å²) in [6, 6.07) is 0. The summed E-state index contributed by atoms with van der Waals surface area (Å²) in [5.74, 6) is 0.311. The van der Waals surface area contributed by atoms with Crippen LogP contribution < -0.4 is 15.0 Å². The summed E-state index contributed by atoms with van der Waals surface area (Å²) in [4.78, 5) is 17.6. The summed E-state index contributed by atoms with van der Waals surface area (Å²) in [5, 5.41) is 0. The topological polar surface area (TPSA) is 64.2 Å². The first kappa shape index (κ1) is 10.6. The van der Waals surface area contributed by atoms with Crippen molar-refractivity contribution in [3.8, 4) is 11.6 Å². The Bertz CT molecular complexity index is 365. The molecular weight excluding hydrogens is 184 g/mol. The van der Waals surface area contributed by atoms with Gasteiger partial charge in [-0.1, -0.05) is 0 Å². The molecule has 1 rings (SSSR count). The summed E-state index contributed by atoms with van der Waals surface area (Å²) < 4.78 is 10.3. The zero-order chi connectivity index (χ0) is 10.8. The van der Waals surface area contributed by atoms with Crippen LogP contribution in [0.2, 0.25) is 0 Å². The summed E-state index contributed by atoms with van der Waals surface area (Å²) in [6.07, 6.45) is 1.28. The minimum atomic E-state index is -0.409. The van der Waals surface area contributed by atoms with Crippen LogP contribution in [-0.4, -0.2) is 22.7 Å². The molecule has 5 heteroatoms. The molecule has 0 radical (unpaired) electrons. The van der Waals surface area contributed by atoms with Crippen LogP contribution in [0.3, 0.4) is 0 Å². The minimum Gasteiger partial charge on any atom is -0.487 e. The van der Waals surface area contributed by atoms with Crippen molar-refractivity contribution in [3.63, 3.8) is 0 Å². The lowest BCUT2D eigenvalue weighted by molar-refractivity contribution is 0.118. The van der Waals surface area contributed by atoms with Crippen LogP contribution in [-0.2, 0) is 0 Å². The van der Waals surface area contributed by atoms with Crippen LogP contribution >= 0.6 is 0 Å². The lowest BCUT2D eigenvalue weighted by Crippen LogP contribution is -2.25. The Balaban J connectivity index is 3.09. The van der Waals surface area contributed by atoms with Gasteiger partial charge in [0.1, 0.15) is 5.60 Å². The average Bonchev–Trinajstić information content (AvgIpc) is 2.01. The number of H-pyrrole nitrogens is 1. The van der Waals surface area contributed by atoms with E-state index in [9.17, 15) is 4.79 Å². The molecule has 0 fully saturated rings. The van der Waals surface area contributed by atoms with E-state index < -0.39 is 5.60 Å². The first-order valence-electron chi connectivity index (χ1n) is 4.25. The van der Waals surface area contributed by atoms with E-state index in [-0.39, 0.29) is 17.2 Å². The van der Waals surface area contributed by atoms with Gasteiger partial charge in [0.25, 0.3) is 11.4 Å². The van der Waals surface area contributed by atoms with Gasteiger partial charge in [-0.3, -0.25) is 4.79 Å². The predicted molar refractivity (Wildman–Crippen MR) is 51.8 cm³/mol. The average molecular weight is 198 g/mol. The number of rotatable bonds is 2. The molecule has 0 saturated heterocycles. The van der Waals surface area contributed by atoms with Gasteiger partial charge in [-0.2, -0.15) is 0 Å². The molecule has 78 valence electrons. The third-order valence-electron chi connectivity index (χ3n) is 1.38. The lowest BCUT2D eigenvalue weighted by atomic mass is 10.2. The molecule has 1 N–H and O–H groups in total. The summed E-state index contributed by atoms with van der Waals surface area (Å²) in [7, 11) is 1.40. The Morgan fingerprint density at radius 2 is 2.07 bits per heavy atom. The van der Waals surface area contributed by atoms with Gasteiger partial charge in [-0.05, 0) is 20.8 Å². The first-order valence-corrected chi connectivity index (χ1v) is 4.25. The Labute approximate surface area is 82.1 Å². The molecule has 1 aromatic rings. The molecular formula is C9H14N2O3. The van der Waals surface area contributed by atoms with Gasteiger partial charge in [-0.15, -0.1) is 0 Å². The van der Waals surface area contributed by atoms with Gasteiger partial charge in [0, 0.05) is 0 Å². The fourth-order valence-electron chi connectivity index (χ4n) is 0.914. The van der Waals surface area contributed by atoms with E-state index >= 15 is 0 Å². The molecule has 1 aromatic heterocycles. The van der Waals surface area contributed by atoms with Crippen LogP contribution in [0.25, 0.3) is 0 Å². The summed E-state index contributed by atoms with van der Waals surface area (Å²) in [5.41, 5.74) is -0.754. The molecule has 0 spiro atoms. The Morgan fingerprint density at radius 3 is 2.57 bits per heavy atom. The maximum atomic E-state index is 11.3. The van der Waals surface area contributed by atoms with E-state index in [1.165, 1.54) is 13.4 Å². The van der Waals surface area contributed by atoms with Crippen molar-refractivity contribution in [3.05, 3.63) is 16.7 Å². The highest BCUT2D eigenvalue weighted by Gasteiger charge is 2.18. The number of nitrogens with one attached hydrogen (secondary N) is 1. The van der Waals surface area contributed by atoms with Crippen molar-refractivity contribution >= 4 is 0 Å². The molecule has 0 aliphatic carbocycles. The fraction of sp³-hybridized carbons (Fsp3) is 0.556. The molecule has 1 heterocycles. The minimum absolute atomic E-state index is 0.0995. The van der Waals surface area contributed by atoms with E-state index in [2.05, 4.69) is 9.97 Å². The predicted octanol–water partition coefficient (Wildman–Crippen LogP) is 0.956. The molecule has 0 atom stereocenters. The third-order valence-corrected chi connectivity index (χ3v) is 1.38. The molecule has 5 nitrogen and oxygen atoms in total. The van der Waals surface area contributed by atoms with Gasteiger partial charge < -0.3 is 14.5 Å². The normalized spacial score (nSPS) is 11.1. The van der Waals surface area contributed by atoms with Gasteiger partial charge >= 0.3 is 0 Å². The molecule has 14 heavy (non-hydrogen) atoms. The van der Waals surface area contributed by atoms with Gasteiger partial charge in [0.05, 0.1) is 13.4 Å². The van der Waals surface area contributed by atoms with E-state index in [1.807, 2.05) is 20.8 Å². The largest absolute Gasteiger partial charge is 0.487 e. The second-order valence-corrected chi connectivity index (χ2v) is 3.78. The highest BCUT2D eigenvalue weighted by molar-refractivity contribution is 5.29. The van der Waals surface area contributed by atoms with Gasteiger partial charge in [0.15, 0.2) is 0 Å². The standard InChI is InChI=1S/C9H14N2O3/c1-9(2,3)14-8-6(13-4)7(12)10-5-11-8/h5H,1-4H3,(H,10,11,12). The maximum absolute atomic E-state index is 11.3. The lowest BCUT2D eigenvalue weighted by Gasteiger charge is -2.20. The van der Waals surface area contributed by atoms with Gasteiger partial charge in [0.2, 0.25) is 5.75 Å². The highest BCUT2D eigenvalue weighted by Crippen LogP contribution is 2.22. The number of aromatic amines is 1. The fourth-order valence-corrected chi connectivity index (χ4v) is 0.914. The number of nitrogens with zero attached hydrogens (tertiary/aromatic N) is 1.